The summed E-state index contributed by atoms with van der Waals surface area (Å²) in [7, 11) is 0. The molecule has 0 saturated carbocycles. The van der Waals surface area contributed by atoms with Gasteiger partial charge in [0.25, 0.3) is 0 Å². The van der Waals surface area contributed by atoms with Crippen LogP contribution in [0.4, 0.5) is 0 Å². The summed E-state index contributed by atoms with van der Waals surface area (Å²) in [5.74, 6) is 0.278. The Morgan fingerprint density at radius 1 is 0.565 bits per heavy atom. The maximum absolute atomic E-state index is 11.3. The summed E-state index contributed by atoms with van der Waals surface area (Å²) >= 11 is 0. The van der Waals surface area contributed by atoms with Gasteiger partial charge in [0.1, 0.15) is 0 Å². The van der Waals surface area contributed by atoms with E-state index >= 15 is 0 Å². The Balaban J connectivity index is 0.000000403. The first-order valence-corrected chi connectivity index (χ1v) is 7.56. The van der Waals surface area contributed by atoms with Gasteiger partial charge < -0.3 is 10.2 Å². The molecule has 2 aromatic carbocycles. The van der Waals surface area contributed by atoms with Gasteiger partial charge in [-0.05, 0) is 10.8 Å². The third kappa shape index (κ3) is 7.36. The zero-order chi connectivity index (χ0) is 17.0. The van der Waals surface area contributed by atoms with E-state index < -0.39 is 0 Å². The van der Waals surface area contributed by atoms with Crippen molar-refractivity contribution in [1.82, 2.24) is 0 Å². The molecule has 0 atom stereocenters. The number of hydrogen-bond donors (Lipinski definition) is 0. The fourth-order valence-electron chi connectivity index (χ4n) is 2.17. The monoisotopic (exact) mass is 436 g/mol. The number of rotatable bonds is 0. The van der Waals surface area contributed by atoms with E-state index in [0.29, 0.717) is 0 Å². The molecule has 0 aliphatic rings. The summed E-state index contributed by atoms with van der Waals surface area (Å²) in [4.78, 5) is 0. The molecule has 0 unspecified atom stereocenters. The van der Waals surface area contributed by atoms with Crippen LogP contribution in [-0.4, -0.2) is 48.9 Å². The predicted molar refractivity (Wildman–Crippen MR) is 94.9 cm³/mol. The van der Waals surface area contributed by atoms with Crippen molar-refractivity contribution in [3.63, 3.8) is 0 Å². The quantitative estimate of drug-likeness (QED) is 0.592. The summed E-state index contributed by atoms with van der Waals surface area (Å²) in [5.41, 5.74) is 1.72. The van der Waals surface area contributed by atoms with Crippen LogP contribution < -0.4 is 10.2 Å². The number of benzene rings is 2. The molecule has 0 aliphatic carbocycles. The second kappa shape index (κ2) is 9.19. The smallest absolute Gasteiger partial charge is 0.872 e. The predicted octanol–water partition coefficient (Wildman–Crippen LogP) is 3.73. The van der Waals surface area contributed by atoms with E-state index in [4.69, 9.17) is 0 Å². The minimum absolute atomic E-state index is 0. The van der Waals surface area contributed by atoms with Gasteiger partial charge in [0.05, 0.1) is 0 Å². The minimum atomic E-state index is -0.0294. The van der Waals surface area contributed by atoms with E-state index in [-0.39, 0.29) is 71.2 Å². The maximum atomic E-state index is 11.3. The van der Waals surface area contributed by atoms with E-state index in [1.165, 1.54) is 0 Å². The largest absolute Gasteiger partial charge is 2.00 e. The Labute approximate surface area is 181 Å². The molecule has 0 N–H and O–H groups in total. The maximum Gasteiger partial charge on any atom is 2.00 e. The van der Waals surface area contributed by atoms with E-state index in [2.05, 4.69) is 0 Å². The second-order valence-corrected chi connectivity index (χ2v) is 7.49. The molecular weight excluding hydrogens is 410 g/mol. The van der Waals surface area contributed by atoms with Gasteiger partial charge in [0, 0.05) is 0 Å². The zero-order valence-corrected chi connectivity index (χ0v) is 19.6. The van der Waals surface area contributed by atoms with Crippen molar-refractivity contribution in [2.24, 2.45) is 0 Å². The summed E-state index contributed by atoms with van der Waals surface area (Å²) in [5, 5.41) is 22.5. The molecule has 2 nitrogen and oxygen atoms in total. The minimum Gasteiger partial charge on any atom is -0.872 e. The Morgan fingerprint density at radius 3 is 1.00 bits per heavy atom. The fourth-order valence-corrected chi connectivity index (χ4v) is 2.17. The first-order chi connectivity index (χ1) is 10.0. The van der Waals surface area contributed by atoms with Crippen molar-refractivity contribution in [1.29, 1.82) is 0 Å². The molecule has 0 radical (unpaired) electrons. The van der Waals surface area contributed by atoms with Crippen molar-refractivity contribution < 1.29 is 10.2 Å². The second-order valence-electron chi connectivity index (χ2n) is 7.49. The van der Waals surface area contributed by atoms with Crippen LogP contribution >= 0.6 is 0 Å². The van der Waals surface area contributed by atoms with E-state index in [1.54, 1.807) is 24.3 Å². The molecule has 0 bridgehead atoms. The fraction of sp³-hybridized carbons (Fsp3) is 0.400. The van der Waals surface area contributed by atoms with Crippen LogP contribution in [0.3, 0.4) is 0 Å². The SMILES string of the molecule is CC(C)(C)c1ccccc1[O-].CC(C)(C)c1ccccc1[O-].[Ba+2]. The van der Waals surface area contributed by atoms with Gasteiger partial charge in [-0.25, -0.2) is 0 Å². The van der Waals surface area contributed by atoms with Crippen molar-refractivity contribution in [2.75, 3.05) is 0 Å². The molecule has 0 heterocycles. The van der Waals surface area contributed by atoms with Gasteiger partial charge >= 0.3 is 48.9 Å². The number of para-hydroxylation sites is 2. The Bertz CT molecular complexity index is 552. The van der Waals surface area contributed by atoms with Crippen molar-refractivity contribution in [3.05, 3.63) is 59.7 Å². The van der Waals surface area contributed by atoms with Crippen LogP contribution in [0.25, 0.3) is 0 Å². The van der Waals surface area contributed by atoms with Gasteiger partial charge in [-0.1, -0.05) is 101 Å². The molecule has 2 aromatic rings. The van der Waals surface area contributed by atoms with Gasteiger partial charge in [-0.2, -0.15) is 0 Å². The third-order valence-electron chi connectivity index (χ3n) is 3.39. The molecule has 120 valence electrons. The third-order valence-corrected chi connectivity index (χ3v) is 3.39. The topological polar surface area (TPSA) is 46.1 Å². The molecule has 0 spiro atoms. The summed E-state index contributed by atoms with van der Waals surface area (Å²) in [6.45, 7) is 12.3. The van der Waals surface area contributed by atoms with E-state index in [9.17, 15) is 10.2 Å². The number of hydrogen-bond acceptors (Lipinski definition) is 2. The molecule has 0 amide bonds. The van der Waals surface area contributed by atoms with Crippen molar-refractivity contribution >= 4 is 48.9 Å². The van der Waals surface area contributed by atoms with Gasteiger partial charge in [0.2, 0.25) is 0 Å². The van der Waals surface area contributed by atoms with Crippen LogP contribution in [0, 0.1) is 0 Å². The average molecular weight is 436 g/mol. The Morgan fingerprint density at radius 2 is 0.826 bits per heavy atom. The molecular formula is C20H26BaO2. The van der Waals surface area contributed by atoms with Crippen LogP contribution in [0.5, 0.6) is 11.5 Å². The summed E-state index contributed by atoms with van der Waals surface area (Å²) in [6, 6.07) is 14.4. The first-order valence-electron chi connectivity index (χ1n) is 7.56. The van der Waals surface area contributed by atoms with Crippen molar-refractivity contribution in [2.45, 2.75) is 52.4 Å². The van der Waals surface area contributed by atoms with Gasteiger partial charge in [-0.3, -0.25) is 0 Å². The average Bonchev–Trinajstić information content (AvgIpc) is 2.37. The zero-order valence-electron chi connectivity index (χ0n) is 15.1. The first kappa shape index (κ1) is 22.6. The molecule has 23 heavy (non-hydrogen) atoms. The molecule has 3 heteroatoms. The Kier molecular flexibility index (Phi) is 9.03. The molecule has 2 rings (SSSR count). The van der Waals surface area contributed by atoms with Gasteiger partial charge in [0.15, 0.2) is 0 Å². The van der Waals surface area contributed by atoms with Gasteiger partial charge in [-0.15, -0.1) is 11.5 Å². The Hall–Kier alpha value is -0.389. The molecule has 0 aromatic heterocycles. The van der Waals surface area contributed by atoms with Crippen LogP contribution in [0.1, 0.15) is 52.7 Å². The van der Waals surface area contributed by atoms with E-state index in [0.717, 1.165) is 11.1 Å². The van der Waals surface area contributed by atoms with Crippen molar-refractivity contribution in [3.8, 4) is 11.5 Å². The van der Waals surface area contributed by atoms with Crippen LogP contribution in [0.2, 0.25) is 0 Å². The molecule has 0 aliphatic heterocycles. The summed E-state index contributed by atoms with van der Waals surface area (Å²) in [6.07, 6.45) is 0. The van der Waals surface area contributed by atoms with E-state index in [1.807, 2.05) is 65.8 Å². The molecule has 0 saturated heterocycles. The summed E-state index contributed by atoms with van der Waals surface area (Å²) < 4.78 is 0. The van der Waals surface area contributed by atoms with Crippen LogP contribution in [0.15, 0.2) is 48.5 Å². The normalized spacial score (nSPS) is 11.0. The standard InChI is InChI=1S/2C10H14O.Ba/c2*1-10(2,3)8-6-4-5-7-9(8)11;/h2*4-7,11H,1-3H3;/q;;+2/p-2. The molecule has 0 fully saturated rings. The van der Waals surface area contributed by atoms with Crippen LogP contribution in [-0.2, 0) is 10.8 Å².